The molecule has 0 radical (unpaired) electrons. The summed E-state index contributed by atoms with van der Waals surface area (Å²) in [5, 5.41) is 3.62. The average Bonchev–Trinajstić information content (AvgIpc) is 2.30. The van der Waals surface area contributed by atoms with E-state index in [0.29, 0.717) is 10.7 Å². The number of hydrogen-bond donors (Lipinski definition) is 2. The lowest BCUT2D eigenvalue weighted by Gasteiger charge is -2.22. The molecule has 0 bridgehead atoms. The van der Waals surface area contributed by atoms with Gasteiger partial charge in [0.2, 0.25) is 0 Å². The molecule has 0 amide bonds. The first-order valence-corrected chi connectivity index (χ1v) is 6.14. The van der Waals surface area contributed by atoms with Crippen molar-refractivity contribution in [1.29, 1.82) is 0 Å². The number of hydrogen-bond acceptors (Lipinski definition) is 4. The Kier molecular flexibility index (Phi) is 4.84. The van der Waals surface area contributed by atoms with Crippen LogP contribution < -0.4 is 11.1 Å². The van der Waals surface area contributed by atoms with E-state index >= 15 is 0 Å². The molecule has 0 aliphatic heterocycles. The molecular weight excluding hydrogens is 252 g/mol. The maximum absolute atomic E-state index is 11.7. The number of rotatable bonds is 4. The van der Waals surface area contributed by atoms with Gasteiger partial charge >= 0.3 is 5.97 Å². The van der Waals surface area contributed by atoms with Gasteiger partial charge in [0.15, 0.2) is 0 Å². The first-order valence-electron chi connectivity index (χ1n) is 5.76. The van der Waals surface area contributed by atoms with Gasteiger partial charge in [0.05, 0.1) is 17.8 Å². The van der Waals surface area contributed by atoms with Gasteiger partial charge in [-0.15, -0.1) is 0 Å². The van der Waals surface area contributed by atoms with Crippen LogP contribution in [0, 0.1) is 12.8 Å². The molecule has 0 saturated heterocycles. The predicted octanol–water partition coefficient (Wildman–Crippen LogP) is 2.84. The Hall–Kier alpha value is -1.42. The molecule has 5 heteroatoms. The molecule has 0 spiro atoms. The second kappa shape index (κ2) is 5.96. The molecular formula is C13H19ClN2O2. The number of benzene rings is 1. The number of carbonyl (C=O) groups excluding carboxylic acids is 1. The van der Waals surface area contributed by atoms with E-state index in [2.05, 4.69) is 5.32 Å². The summed E-state index contributed by atoms with van der Waals surface area (Å²) >= 11 is 5.98. The molecule has 3 N–H and O–H groups in total. The zero-order chi connectivity index (χ0) is 13.9. The van der Waals surface area contributed by atoms with Crippen LogP contribution in [0.15, 0.2) is 12.1 Å². The van der Waals surface area contributed by atoms with Crippen LogP contribution in [0.4, 0.5) is 11.4 Å². The van der Waals surface area contributed by atoms with Gasteiger partial charge in [0, 0.05) is 5.69 Å². The van der Waals surface area contributed by atoms with Crippen molar-refractivity contribution in [3.05, 3.63) is 22.7 Å². The molecule has 1 aromatic carbocycles. The van der Waals surface area contributed by atoms with E-state index in [9.17, 15) is 4.79 Å². The second-order valence-corrected chi connectivity index (χ2v) is 4.99. The third kappa shape index (κ3) is 3.29. The van der Waals surface area contributed by atoms with Crippen molar-refractivity contribution in [2.24, 2.45) is 5.92 Å². The molecule has 100 valence electrons. The maximum atomic E-state index is 11.7. The summed E-state index contributed by atoms with van der Waals surface area (Å²) in [7, 11) is 1.38. The standard InChI is InChI=1S/C13H19ClN2O2/c1-7(2)12(13(17)18-4)16-11-6-9(14)10(15)5-8(11)3/h5-7,12,16H,15H2,1-4H3. The molecule has 0 aromatic heterocycles. The summed E-state index contributed by atoms with van der Waals surface area (Å²) in [5.74, 6) is -0.189. The van der Waals surface area contributed by atoms with Crippen molar-refractivity contribution >= 4 is 28.9 Å². The number of nitrogens with one attached hydrogen (secondary N) is 1. The fourth-order valence-electron chi connectivity index (χ4n) is 1.65. The lowest BCUT2D eigenvalue weighted by molar-refractivity contribution is -0.142. The molecule has 0 aliphatic carbocycles. The van der Waals surface area contributed by atoms with Crippen LogP contribution in [0.3, 0.4) is 0 Å². The molecule has 1 atom stereocenters. The number of esters is 1. The van der Waals surface area contributed by atoms with E-state index < -0.39 is 6.04 Å². The third-order valence-electron chi connectivity index (χ3n) is 2.78. The number of carbonyl (C=O) groups is 1. The lowest BCUT2D eigenvalue weighted by Crippen LogP contribution is -2.35. The molecule has 1 unspecified atom stereocenters. The van der Waals surface area contributed by atoms with Crippen LogP contribution in [0.25, 0.3) is 0 Å². The van der Waals surface area contributed by atoms with Gasteiger partial charge in [-0.1, -0.05) is 25.4 Å². The van der Waals surface area contributed by atoms with Crippen LogP contribution >= 0.6 is 11.6 Å². The summed E-state index contributed by atoms with van der Waals surface area (Å²) in [4.78, 5) is 11.7. The van der Waals surface area contributed by atoms with Gasteiger partial charge < -0.3 is 15.8 Å². The summed E-state index contributed by atoms with van der Waals surface area (Å²) in [6, 6.07) is 3.09. The van der Waals surface area contributed by atoms with Crippen molar-refractivity contribution in [3.63, 3.8) is 0 Å². The highest BCUT2D eigenvalue weighted by atomic mass is 35.5. The summed E-state index contributed by atoms with van der Waals surface area (Å²) in [5.41, 5.74) is 7.97. The zero-order valence-corrected chi connectivity index (χ0v) is 11.8. The lowest BCUT2D eigenvalue weighted by atomic mass is 10.0. The topological polar surface area (TPSA) is 64.3 Å². The van der Waals surface area contributed by atoms with E-state index in [4.69, 9.17) is 22.1 Å². The number of ether oxygens (including phenoxy) is 1. The van der Waals surface area contributed by atoms with E-state index in [1.807, 2.05) is 20.8 Å². The largest absolute Gasteiger partial charge is 0.467 e. The highest BCUT2D eigenvalue weighted by molar-refractivity contribution is 6.33. The van der Waals surface area contributed by atoms with Gasteiger partial charge in [0.1, 0.15) is 6.04 Å². The van der Waals surface area contributed by atoms with Crippen LogP contribution in [-0.4, -0.2) is 19.1 Å². The van der Waals surface area contributed by atoms with E-state index in [0.717, 1.165) is 11.3 Å². The normalized spacial score (nSPS) is 12.3. The summed E-state index contributed by atoms with van der Waals surface area (Å²) in [6.07, 6.45) is 0. The number of aryl methyl sites for hydroxylation is 1. The monoisotopic (exact) mass is 270 g/mol. The molecule has 0 aliphatic rings. The maximum Gasteiger partial charge on any atom is 0.328 e. The summed E-state index contributed by atoms with van der Waals surface area (Å²) < 4.78 is 4.78. The Morgan fingerprint density at radius 3 is 2.56 bits per heavy atom. The van der Waals surface area contributed by atoms with Crippen molar-refractivity contribution < 1.29 is 9.53 Å². The Bertz CT molecular complexity index is 447. The Balaban J connectivity index is 3.01. The number of nitrogens with two attached hydrogens (primary N) is 1. The van der Waals surface area contributed by atoms with Crippen molar-refractivity contribution in [3.8, 4) is 0 Å². The smallest absolute Gasteiger partial charge is 0.328 e. The highest BCUT2D eigenvalue weighted by Gasteiger charge is 2.23. The van der Waals surface area contributed by atoms with E-state index in [1.165, 1.54) is 7.11 Å². The minimum absolute atomic E-state index is 0.105. The van der Waals surface area contributed by atoms with Gasteiger partial charge in [-0.3, -0.25) is 0 Å². The minimum atomic E-state index is -0.409. The first-order chi connectivity index (χ1) is 8.36. The molecule has 1 rings (SSSR count). The number of methoxy groups -OCH3 is 1. The van der Waals surface area contributed by atoms with Crippen molar-refractivity contribution in [2.45, 2.75) is 26.8 Å². The molecule has 4 nitrogen and oxygen atoms in total. The van der Waals surface area contributed by atoms with E-state index in [1.54, 1.807) is 12.1 Å². The Morgan fingerprint density at radius 2 is 2.06 bits per heavy atom. The third-order valence-corrected chi connectivity index (χ3v) is 3.10. The predicted molar refractivity (Wildman–Crippen MR) is 74.9 cm³/mol. The van der Waals surface area contributed by atoms with Crippen LogP contribution in [0.5, 0.6) is 0 Å². The molecule has 18 heavy (non-hydrogen) atoms. The minimum Gasteiger partial charge on any atom is -0.467 e. The number of nitrogen functional groups attached to an aromatic ring is 1. The van der Waals surface area contributed by atoms with Gasteiger partial charge in [-0.05, 0) is 30.5 Å². The quantitative estimate of drug-likeness (QED) is 0.652. The summed E-state index contributed by atoms with van der Waals surface area (Å²) in [6.45, 7) is 5.80. The number of halogens is 1. The SMILES string of the molecule is COC(=O)C(Nc1cc(Cl)c(N)cc1C)C(C)C. The Labute approximate surface area is 112 Å². The fourth-order valence-corrected chi connectivity index (χ4v) is 1.82. The van der Waals surface area contributed by atoms with Crippen LogP contribution in [0.2, 0.25) is 5.02 Å². The average molecular weight is 271 g/mol. The first kappa shape index (κ1) is 14.6. The van der Waals surface area contributed by atoms with Gasteiger partial charge in [-0.2, -0.15) is 0 Å². The van der Waals surface area contributed by atoms with Crippen LogP contribution in [0.1, 0.15) is 19.4 Å². The van der Waals surface area contributed by atoms with Crippen LogP contribution in [-0.2, 0) is 9.53 Å². The molecule has 0 heterocycles. The zero-order valence-electron chi connectivity index (χ0n) is 11.1. The number of anilines is 2. The fraction of sp³-hybridized carbons (Fsp3) is 0.462. The second-order valence-electron chi connectivity index (χ2n) is 4.58. The molecule has 0 saturated carbocycles. The molecule has 1 aromatic rings. The molecule has 0 fully saturated rings. The van der Waals surface area contributed by atoms with Crippen molar-refractivity contribution in [2.75, 3.05) is 18.2 Å². The highest BCUT2D eigenvalue weighted by Crippen LogP contribution is 2.28. The Morgan fingerprint density at radius 1 is 1.44 bits per heavy atom. The van der Waals surface area contributed by atoms with Gasteiger partial charge in [-0.25, -0.2) is 4.79 Å². The van der Waals surface area contributed by atoms with Gasteiger partial charge in [0.25, 0.3) is 0 Å². The van der Waals surface area contributed by atoms with E-state index in [-0.39, 0.29) is 11.9 Å². The van der Waals surface area contributed by atoms with Crippen molar-refractivity contribution in [1.82, 2.24) is 0 Å².